The molecule has 33 heavy (non-hydrogen) atoms. The van der Waals surface area contributed by atoms with Crippen molar-refractivity contribution in [2.45, 2.75) is 53.4 Å². The zero-order chi connectivity index (χ0) is 24.2. The second kappa shape index (κ2) is 13.3. The average Bonchev–Trinajstić information content (AvgIpc) is 3.00. The van der Waals surface area contributed by atoms with Gasteiger partial charge in [-0.25, -0.2) is 9.80 Å². The van der Waals surface area contributed by atoms with Gasteiger partial charge in [0.05, 0.1) is 23.9 Å². The molecule has 0 radical (unpaired) electrons. The van der Waals surface area contributed by atoms with Crippen molar-refractivity contribution in [3.05, 3.63) is 65.5 Å². The Hall–Kier alpha value is -3.24. The number of nitriles is 1. The van der Waals surface area contributed by atoms with E-state index in [1.54, 1.807) is 17.1 Å². The van der Waals surface area contributed by atoms with Gasteiger partial charge < -0.3 is 4.74 Å². The van der Waals surface area contributed by atoms with Crippen molar-refractivity contribution in [2.75, 3.05) is 11.6 Å². The first kappa shape index (κ1) is 26.0. The molecule has 2 aliphatic rings. The highest BCUT2D eigenvalue weighted by molar-refractivity contribution is 7.80. The molecule has 176 valence electrons. The number of hydrogen-bond acceptors (Lipinski definition) is 6. The molecule has 1 heterocycles. The molecule has 1 aromatic rings. The predicted molar refractivity (Wildman–Crippen MR) is 140 cm³/mol. The molecule has 3 rings (SSSR count). The second-order valence-electron chi connectivity index (χ2n) is 7.93. The molecule has 0 aromatic heterocycles. The summed E-state index contributed by atoms with van der Waals surface area (Å²) in [7, 11) is 0. The molecule has 0 atom stereocenters. The van der Waals surface area contributed by atoms with Gasteiger partial charge in [0.1, 0.15) is 0 Å². The van der Waals surface area contributed by atoms with E-state index in [0.29, 0.717) is 30.9 Å². The van der Waals surface area contributed by atoms with Crippen molar-refractivity contribution in [2.24, 2.45) is 11.0 Å². The van der Waals surface area contributed by atoms with E-state index < -0.39 is 6.09 Å². The molecule has 1 N–H and O–H groups in total. The maximum absolute atomic E-state index is 12.0. The number of benzene rings is 1. The number of alkyl carbamates (subject to hydrolysis) is 1. The topological polar surface area (TPSA) is 77.7 Å². The van der Waals surface area contributed by atoms with Crippen molar-refractivity contribution < 1.29 is 11.0 Å². The van der Waals surface area contributed by atoms with E-state index >= 15 is 0 Å². The van der Waals surface area contributed by atoms with Crippen molar-refractivity contribution in [1.82, 2.24) is 5.32 Å². The number of nitrogens with zero attached hydrogens (tertiary/aromatic N) is 3. The van der Waals surface area contributed by atoms with Crippen molar-refractivity contribution >= 4 is 34.6 Å². The number of thiocarbonyl (C=S) groups is 1. The first-order valence-electron chi connectivity index (χ1n) is 11.3. The molecule has 0 saturated carbocycles. The minimum Gasteiger partial charge on any atom is -0.449 e. The zero-order valence-electron chi connectivity index (χ0n) is 19.8. The molecule has 6 nitrogen and oxygen atoms in total. The van der Waals surface area contributed by atoms with Crippen molar-refractivity contribution in [3.8, 4) is 6.07 Å². The van der Waals surface area contributed by atoms with Crippen LogP contribution in [0, 0.1) is 17.2 Å². The molecule has 0 bridgehead atoms. The summed E-state index contributed by atoms with van der Waals surface area (Å²) < 4.78 is 5.21. The smallest absolute Gasteiger partial charge is 0.411 e. The SMILES string of the molecule is CC.CC(C)COC(=O)NC1=CCCC(CC2=NN(c3cccc(C#N)c3)C=CC(=S)C2)=C1.[HH]. The summed E-state index contributed by atoms with van der Waals surface area (Å²) in [6.07, 6.45) is 10.3. The van der Waals surface area contributed by atoms with Crippen molar-refractivity contribution in [1.29, 1.82) is 5.26 Å². The molecule has 0 spiro atoms. The van der Waals surface area contributed by atoms with Gasteiger partial charge in [-0.15, -0.1) is 0 Å². The quantitative estimate of drug-likeness (QED) is 0.475. The summed E-state index contributed by atoms with van der Waals surface area (Å²) in [5.41, 5.74) is 4.26. The predicted octanol–water partition coefficient (Wildman–Crippen LogP) is 6.66. The van der Waals surface area contributed by atoms with E-state index in [0.717, 1.165) is 34.8 Å². The molecule has 0 saturated heterocycles. The lowest BCUT2D eigenvalue weighted by Gasteiger charge is -2.18. The first-order valence-corrected chi connectivity index (χ1v) is 11.7. The molecule has 7 heteroatoms. The Labute approximate surface area is 203 Å². The van der Waals surface area contributed by atoms with Crippen LogP contribution in [-0.2, 0) is 4.74 Å². The Balaban J connectivity index is 0.00000188. The molecule has 1 aliphatic heterocycles. The summed E-state index contributed by atoms with van der Waals surface area (Å²) in [6.45, 7) is 8.38. The number of allylic oxidation sites excluding steroid dienone is 4. The summed E-state index contributed by atoms with van der Waals surface area (Å²) in [6, 6.07) is 9.47. The van der Waals surface area contributed by atoms with Crippen LogP contribution < -0.4 is 10.3 Å². The van der Waals surface area contributed by atoms with E-state index in [2.05, 4.69) is 11.4 Å². The largest absolute Gasteiger partial charge is 0.449 e. The second-order valence-corrected chi connectivity index (χ2v) is 8.45. The molecule has 1 amide bonds. The summed E-state index contributed by atoms with van der Waals surface area (Å²) in [5, 5.41) is 18.5. The summed E-state index contributed by atoms with van der Waals surface area (Å²) >= 11 is 5.47. The van der Waals surface area contributed by atoms with Gasteiger partial charge in [0.25, 0.3) is 0 Å². The number of anilines is 1. The highest BCUT2D eigenvalue weighted by Gasteiger charge is 2.16. The number of amides is 1. The molecule has 1 aromatic carbocycles. The van der Waals surface area contributed by atoms with E-state index in [9.17, 15) is 10.1 Å². The first-order chi connectivity index (χ1) is 15.9. The van der Waals surface area contributed by atoms with Gasteiger partial charge in [-0.3, -0.25) is 5.32 Å². The highest BCUT2D eigenvalue weighted by Crippen LogP contribution is 2.24. The van der Waals surface area contributed by atoms with Crippen LogP contribution in [0.15, 0.2) is 65.1 Å². The summed E-state index contributed by atoms with van der Waals surface area (Å²) in [4.78, 5) is 12.8. The Bertz CT molecular complexity index is 1020. The third-order valence-electron chi connectivity index (χ3n) is 4.68. The minimum absolute atomic E-state index is 0. The van der Waals surface area contributed by atoms with Gasteiger partial charge >= 0.3 is 6.09 Å². The number of carbonyl (C=O) groups excluding carboxylic acids is 1. The fourth-order valence-corrected chi connectivity index (χ4v) is 3.47. The van der Waals surface area contributed by atoms with Crippen LogP contribution in [0.5, 0.6) is 0 Å². The fourth-order valence-electron chi connectivity index (χ4n) is 3.24. The fraction of sp³-hybridized carbons (Fsp3) is 0.385. The van der Waals surface area contributed by atoms with Gasteiger partial charge in [0, 0.05) is 36.7 Å². The molecule has 0 fully saturated rings. The lowest BCUT2D eigenvalue weighted by molar-refractivity contribution is 0.136. The standard InChI is InChI=1S/C24H26N4O2S.C2H6.H2/c1-17(2)16-30-24(29)26-20-7-3-5-18(11-20)12-21-14-23(31)9-10-28(27-21)22-8-4-6-19(13-22)15-25;1-2;/h4,6-11,13,17H,3,5,12,14,16H2,1-2H3,(H,26,29);1-2H3;1H. The molecular weight excluding hydrogens is 432 g/mol. The van der Waals surface area contributed by atoms with Gasteiger partial charge in [-0.05, 0) is 49.1 Å². The number of hydrazone groups is 1. The maximum atomic E-state index is 12.0. The van der Waals surface area contributed by atoms with E-state index in [1.165, 1.54) is 5.57 Å². The minimum atomic E-state index is -0.432. The van der Waals surface area contributed by atoms with Crippen LogP contribution >= 0.6 is 12.2 Å². The van der Waals surface area contributed by atoms with E-state index in [1.807, 2.05) is 64.3 Å². The van der Waals surface area contributed by atoms with E-state index in [4.69, 9.17) is 22.1 Å². The van der Waals surface area contributed by atoms with Gasteiger partial charge in [-0.1, -0.05) is 57.6 Å². The van der Waals surface area contributed by atoms with Crippen LogP contribution in [0.4, 0.5) is 10.5 Å². The molecule has 0 unspecified atom stereocenters. The number of carbonyl (C=O) groups is 1. The molecular formula is C26H34N4O2S. The van der Waals surface area contributed by atoms with Gasteiger partial charge in [-0.2, -0.15) is 10.4 Å². The Morgan fingerprint density at radius 1 is 1.39 bits per heavy atom. The summed E-state index contributed by atoms with van der Waals surface area (Å²) in [5.74, 6) is 0.291. The Morgan fingerprint density at radius 3 is 2.91 bits per heavy atom. The average molecular weight is 467 g/mol. The van der Waals surface area contributed by atoms with Crippen LogP contribution in [0.25, 0.3) is 0 Å². The molecule has 1 aliphatic carbocycles. The third kappa shape index (κ3) is 8.66. The lowest BCUT2D eigenvalue weighted by atomic mass is 9.96. The lowest BCUT2D eigenvalue weighted by Crippen LogP contribution is -2.25. The number of rotatable bonds is 6. The zero-order valence-corrected chi connectivity index (χ0v) is 20.6. The monoisotopic (exact) mass is 466 g/mol. The maximum Gasteiger partial charge on any atom is 0.411 e. The Kier molecular flexibility index (Phi) is 10.5. The number of hydrogen-bond donors (Lipinski definition) is 1. The third-order valence-corrected chi connectivity index (χ3v) is 4.96. The van der Waals surface area contributed by atoms with Gasteiger partial charge in [0.15, 0.2) is 0 Å². The highest BCUT2D eigenvalue weighted by atomic mass is 32.1. The normalized spacial score (nSPS) is 15.3. The van der Waals surface area contributed by atoms with Crippen LogP contribution in [0.1, 0.15) is 60.4 Å². The Morgan fingerprint density at radius 2 is 2.18 bits per heavy atom. The number of nitrogens with one attached hydrogen (secondary N) is 1. The van der Waals surface area contributed by atoms with Crippen LogP contribution in [-0.4, -0.2) is 23.3 Å². The van der Waals surface area contributed by atoms with Gasteiger partial charge in [0.2, 0.25) is 0 Å². The van der Waals surface area contributed by atoms with E-state index in [-0.39, 0.29) is 1.43 Å². The van der Waals surface area contributed by atoms with Crippen molar-refractivity contribution in [3.63, 3.8) is 0 Å². The van der Waals surface area contributed by atoms with Crippen LogP contribution in [0.3, 0.4) is 0 Å². The van der Waals surface area contributed by atoms with Crippen LogP contribution in [0.2, 0.25) is 0 Å². The number of ether oxygens (including phenoxy) is 1.